The highest BCUT2D eigenvalue weighted by Gasteiger charge is 2.09. The Morgan fingerprint density at radius 2 is 1.17 bits per heavy atom. The van der Waals surface area contributed by atoms with E-state index < -0.39 is 0 Å². The van der Waals surface area contributed by atoms with Gasteiger partial charge >= 0.3 is 12.0 Å². The molecular weight excluding hydrogens is 240 g/mol. The van der Waals surface area contributed by atoms with Gasteiger partial charge in [-0.15, -0.1) is 10.2 Å². The minimum absolute atomic E-state index is 0.309. The van der Waals surface area contributed by atoms with Gasteiger partial charge in [0.2, 0.25) is 0 Å². The maximum atomic E-state index is 9.11. The highest BCUT2D eigenvalue weighted by molar-refractivity contribution is 5.00. The quantitative estimate of drug-likeness (QED) is 0.362. The Morgan fingerprint density at radius 3 is 1.44 bits per heavy atom. The van der Waals surface area contributed by atoms with Crippen LogP contribution in [0, 0.1) is 0 Å². The van der Waals surface area contributed by atoms with Crippen molar-refractivity contribution in [3.63, 3.8) is 0 Å². The van der Waals surface area contributed by atoms with E-state index in [-0.39, 0.29) is 12.0 Å². The fourth-order valence-electron chi connectivity index (χ4n) is 1.54. The van der Waals surface area contributed by atoms with Gasteiger partial charge in [-0.1, -0.05) is 10.2 Å². The van der Waals surface area contributed by atoms with Crippen LogP contribution in [-0.4, -0.2) is 40.0 Å². The van der Waals surface area contributed by atoms with Crippen molar-refractivity contribution in [1.82, 2.24) is 29.7 Å². The summed E-state index contributed by atoms with van der Waals surface area (Å²) in [4.78, 5) is 0. The zero-order chi connectivity index (χ0) is 13.1. The van der Waals surface area contributed by atoms with E-state index in [0.717, 1.165) is 22.2 Å². The molecule has 2 aromatic heterocycles. The number of nitrogens with zero attached hydrogens (tertiary/aromatic N) is 6. The molecule has 0 spiro atoms. The predicted octanol–water partition coefficient (Wildman–Crippen LogP) is -1.73. The molecule has 0 aromatic carbocycles. The number of aromatic hydroxyl groups is 2. The van der Waals surface area contributed by atoms with Crippen molar-refractivity contribution in [2.24, 2.45) is 0 Å². The van der Waals surface area contributed by atoms with Crippen LogP contribution < -0.4 is 11.7 Å². The lowest BCUT2D eigenvalue weighted by molar-refractivity contribution is 0.412. The first kappa shape index (κ1) is 12.0. The standard InChI is InChI=1S/C8H14N8O2/c9-15-5(11-13-7(15)17)3-1-2-4-6-12-14-8(18)16(6)10/h1-4,9-10H2,(H,13,17)(H,14,18). The van der Waals surface area contributed by atoms with E-state index in [1.165, 1.54) is 0 Å². The van der Waals surface area contributed by atoms with Gasteiger partial charge in [-0.3, -0.25) is 0 Å². The summed E-state index contributed by atoms with van der Waals surface area (Å²) in [7, 11) is 0. The average Bonchev–Trinajstić information content (AvgIpc) is 2.83. The van der Waals surface area contributed by atoms with Gasteiger partial charge in [-0.25, -0.2) is 0 Å². The first-order valence-electron chi connectivity index (χ1n) is 5.36. The zero-order valence-corrected chi connectivity index (χ0v) is 9.56. The van der Waals surface area contributed by atoms with Crippen molar-refractivity contribution in [2.45, 2.75) is 25.7 Å². The second kappa shape index (κ2) is 4.77. The Bertz CT molecular complexity index is 485. The maximum absolute atomic E-state index is 9.11. The molecule has 0 radical (unpaired) electrons. The van der Waals surface area contributed by atoms with Crippen LogP contribution in [0.2, 0.25) is 0 Å². The van der Waals surface area contributed by atoms with Gasteiger partial charge in [0, 0.05) is 12.8 Å². The van der Waals surface area contributed by atoms with Gasteiger partial charge in [-0.2, -0.15) is 9.35 Å². The van der Waals surface area contributed by atoms with Gasteiger partial charge in [0.1, 0.15) is 0 Å². The highest BCUT2D eigenvalue weighted by Crippen LogP contribution is 2.09. The number of aromatic nitrogens is 6. The van der Waals surface area contributed by atoms with Crippen molar-refractivity contribution < 1.29 is 10.2 Å². The Kier molecular flexibility index (Phi) is 3.17. The Labute approximate surface area is 102 Å². The predicted molar refractivity (Wildman–Crippen MR) is 60.3 cm³/mol. The number of hydrogen-bond acceptors (Lipinski definition) is 8. The molecular formula is C8H14N8O2. The van der Waals surface area contributed by atoms with Crippen LogP contribution in [0.4, 0.5) is 0 Å². The van der Waals surface area contributed by atoms with Gasteiger partial charge < -0.3 is 21.9 Å². The van der Waals surface area contributed by atoms with E-state index in [1.54, 1.807) is 0 Å². The average molecular weight is 254 g/mol. The highest BCUT2D eigenvalue weighted by atomic mass is 16.3. The molecule has 0 saturated carbocycles. The molecule has 0 bridgehead atoms. The molecule has 10 nitrogen and oxygen atoms in total. The Balaban J connectivity index is 1.80. The van der Waals surface area contributed by atoms with E-state index >= 15 is 0 Å². The van der Waals surface area contributed by atoms with Crippen LogP contribution >= 0.6 is 0 Å². The fraction of sp³-hybridized carbons (Fsp3) is 0.500. The molecule has 0 saturated heterocycles. The molecule has 0 atom stereocenters. The van der Waals surface area contributed by atoms with Crippen LogP contribution in [-0.2, 0) is 12.8 Å². The third-order valence-corrected chi connectivity index (χ3v) is 2.55. The summed E-state index contributed by atoms with van der Waals surface area (Å²) in [5.41, 5.74) is 0. The van der Waals surface area contributed by atoms with Gasteiger partial charge in [-0.05, 0) is 12.8 Å². The summed E-state index contributed by atoms with van der Waals surface area (Å²) >= 11 is 0. The van der Waals surface area contributed by atoms with Gasteiger partial charge in [0.25, 0.3) is 0 Å². The van der Waals surface area contributed by atoms with Crippen LogP contribution in [0.1, 0.15) is 24.5 Å². The topological polar surface area (TPSA) is 154 Å². The number of hydrogen-bond donors (Lipinski definition) is 4. The Hall–Kier alpha value is -2.52. The summed E-state index contributed by atoms with van der Waals surface area (Å²) in [6.07, 6.45) is 2.69. The molecule has 0 aliphatic rings. The lowest BCUT2D eigenvalue weighted by Crippen LogP contribution is -2.13. The number of rotatable bonds is 5. The monoisotopic (exact) mass is 254 g/mol. The molecule has 10 heteroatoms. The van der Waals surface area contributed by atoms with Crippen molar-refractivity contribution in [3.05, 3.63) is 11.6 Å². The first-order chi connectivity index (χ1) is 8.59. The molecule has 18 heavy (non-hydrogen) atoms. The molecule has 2 rings (SSSR count). The van der Waals surface area contributed by atoms with E-state index in [9.17, 15) is 0 Å². The van der Waals surface area contributed by atoms with Crippen LogP contribution in [0.3, 0.4) is 0 Å². The minimum Gasteiger partial charge on any atom is -0.478 e. The fourth-order valence-corrected chi connectivity index (χ4v) is 1.54. The summed E-state index contributed by atoms with van der Waals surface area (Å²) in [5.74, 6) is 12.0. The van der Waals surface area contributed by atoms with Crippen molar-refractivity contribution in [2.75, 3.05) is 11.7 Å². The third kappa shape index (κ3) is 2.26. The number of nitrogen functional groups attached to an aromatic ring is 2. The van der Waals surface area contributed by atoms with Gasteiger partial charge in [0.05, 0.1) is 0 Å². The summed E-state index contributed by atoms with van der Waals surface area (Å²) < 4.78 is 2.08. The molecule has 0 aliphatic carbocycles. The van der Waals surface area contributed by atoms with Crippen molar-refractivity contribution in [3.8, 4) is 12.0 Å². The minimum atomic E-state index is -0.309. The molecule has 0 unspecified atom stereocenters. The SMILES string of the molecule is Nn1c(O)nnc1CCCCc1nnc(O)n1N. The van der Waals surface area contributed by atoms with E-state index in [2.05, 4.69) is 20.4 Å². The molecule has 0 aliphatic heterocycles. The van der Waals surface area contributed by atoms with Crippen molar-refractivity contribution >= 4 is 0 Å². The molecule has 6 N–H and O–H groups in total. The second-order valence-electron chi connectivity index (χ2n) is 3.78. The zero-order valence-electron chi connectivity index (χ0n) is 9.56. The molecule has 2 aromatic rings. The van der Waals surface area contributed by atoms with E-state index in [4.69, 9.17) is 21.9 Å². The lowest BCUT2D eigenvalue weighted by atomic mass is 10.2. The van der Waals surface area contributed by atoms with E-state index in [1.807, 2.05) is 0 Å². The van der Waals surface area contributed by atoms with Crippen LogP contribution in [0.5, 0.6) is 12.0 Å². The summed E-state index contributed by atoms with van der Waals surface area (Å²) in [5, 5.41) is 32.5. The Morgan fingerprint density at radius 1 is 0.778 bits per heavy atom. The number of unbranched alkanes of at least 4 members (excludes halogenated alkanes) is 1. The number of aryl methyl sites for hydroxylation is 2. The molecule has 0 amide bonds. The largest absolute Gasteiger partial charge is 0.478 e. The van der Waals surface area contributed by atoms with Gasteiger partial charge in [0.15, 0.2) is 11.6 Å². The second-order valence-corrected chi connectivity index (χ2v) is 3.78. The molecule has 2 heterocycles. The number of nitrogens with two attached hydrogens (primary N) is 2. The van der Waals surface area contributed by atoms with Crippen molar-refractivity contribution in [1.29, 1.82) is 0 Å². The lowest BCUT2D eigenvalue weighted by Gasteiger charge is -2.01. The summed E-state index contributed by atoms with van der Waals surface area (Å²) in [6, 6.07) is -0.617. The van der Waals surface area contributed by atoms with Crippen LogP contribution in [0.15, 0.2) is 0 Å². The van der Waals surface area contributed by atoms with E-state index in [0.29, 0.717) is 24.5 Å². The molecule has 98 valence electrons. The van der Waals surface area contributed by atoms with Crippen LogP contribution in [0.25, 0.3) is 0 Å². The third-order valence-electron chi connectivity index (χ3n) is 2.55. The normalized spacial score (nSPS) is 10.9. The maximum Gasteiger partial charge on any atom is 0.333 e. The first-order valence-corrected chi connectivity index (χ1v) is 5.36. The smallest absolute Gasteiger partial charge is 0.333 e. The molecule has 0 fully saturated rings. The summed E-state index contributed by atoms with van der Waals surface area (Å²) in [6.45, 7) is 0.